The van der Waals surface area contributed by atoms with Crippen LogP contribution < -0.4 is 0 Å². The Hall–Kier alpha value is -1.83. The lowest BCUT2D eigenvalue weighted by atomic mass is 10.0. The Bertz CT molecular complexity index is 482. The van der Waals surface area contributed by atoms with Gasteiger partial charge in [0.05, 0.1) is 0 Å². The van der Waals surface area contributed by atoms with Gasteiger partial charge < -0.3 is 4.90 Å². The van der Waals surface area contributed by atoms with Crippen LogP contribution in [0.4, 0.5) is 0 Å². The van der Waals surface area contributed by atoms with Crippen LogP contribution in [0.5, 0.6) is 0 Å². The highest BCUT2D eigenvalue weighted by atomic mass is 16.2. The summed E-state index contributed by atoms with van der Waals surface area (Å²) in [4.78, 5) is 14.0. The molecule has 1 aliphatic carbocycles. The monoisotopic (exact) mass is 241 g/mol. The first-order valence-corrected chi connectivity index (χ1v) is 6.33. The Morgan fingerprint density at radius 3 is 2.61 bits per heavy atom. The van der Waals surface area contributed by atoms with E-state index >= 15 is 0 Å². The third-order valence-electron chi connectivity index (χ3n) is 3.19. The van der Waals surface area contributed by atoms with Crippen LogP contribution in [-0.4, -0.2) is 24.4 Å². The molecule has 2 nitrogen and oxygen atoms in total. The zero-order chi connectivity index (χ0) is 13.0. The van der Waals surface area contributed by atoms with Crippen molar-refractivity contribution in [3.05, 3.63) is 59.2 Å². The van der Waals surface area contributed by atoms with Crippen molar-refractivity contribution in [1.29, 1.82) is 0 Å². The average Bonchev–Trinajstić information content (AvgIpc) is 2.40. The summed E-state index contributed by atoms with van der Waals surface area (Å²) in [6, 6.07) is 7.74. The minimum atomic E-state index is 0.0884. The fraction of sp³-hybridized carbons (Fsp3) is 0.312. The summed E-state index contributed by atoms with van der Waals surface area (Å²) >= 11 is 0. The Morgan fingerprint density at radius 2 is 2.00 bits per heavy atom. The first-order valence-electron chi connectivity index (χ1n) is 6.33. The average molecular weight is 241 g/mol. The van der Waals surface area contributed by atoms with Crippen molar-refractivity contribution >= 4 is 5.91 Å². The van der Waals surface area contributed by atoms with Gasteiger partial charge in [-0.05, 0) is 31.9 Å². The van der Waals surface area contributed by atoms with Crippen LogP contribution in [0.3, 0.4) is 0 Å². The van der Waals surface area contributed by atoms with E-state index in [0.29, 0.717) is 0 Å². The van der Waals surface area contributed by atoms with Crippen LogP contribution in [0.1, 0.15) is 28.8 Å². The van der Waals surface area contributed by atoms with Crippen molar-refractivity contribution in [2.24, 2.45) is 0 Å². The van der Waals surface area contributed by atoms with E-state index in [-0.39, 0.29) is 5.91 Å². The van der Waals surface area contributed by atoms with E-state index < -0.39 is 0 Å². The van der Waals surface area contributed by atoms with E-state index in [4.69, 9.17) is 0 Å². The standard InChI is InChI=1S/C16H19NO/c1-13-8-10-15(11-9-13)16(18)17(2)12-14-6-4-3-5-7-14/h3-4,6,8-11H,5,7,12H2,1-2H3. The van der Waals surface area contributed by atoms with E-state index in [1.165, 1.54) is 11.1 Å². The molecule has 0 fully saturated rings. The lowest BCUT2D eigenvalue weighted by Crippen LogP contribution is -2.28. The van der Waals surface area contributed by atoms with Crippen LogP contribution in [0.25, 0.3) is 0 Å². The van der Waals surface area contributed by atoms with Crippen molar-refractivity contribution in [3.8, 4) is 0 Å². The van der Waals surface area contributed by atoms with Crippen LogP contribution in [-0.2, 0) is 0 Å². The van der Waals surface area contributed by atoms with Crippen molar-refractivity contribution in [2.45, 2.75) is 19.8 Å². The number of carbonyl (C=O) groups is 1. The SMILES string of the molecule is Cc1ccc(C(=O)N(C)CC2=CC=CCC2)cc1. The minimum Gasteiger partial charge on any atom is -0.338 e. The largest absolute Gasteiger partial charge is 0.338 e. The third kappa shape index (κ3) is 3.10. The molecule has 0 aliphatic heterocycles. The number of likely N-dealkylation sites (N-methyl/N-ethyl adjacent to an activating group) is 1. The minimum absolute atomic E-state index is 0.0884. The maximum atomic E-state index is 12.2. The van der Waals surface area contributed by atoms with Crippen molar-refractivity contribution < 1.29 is 4.79 Å². The summed E-state index contributed by atoms with van der Waals surface area (Å²) < 4.78 is 0. The predicted octanol–water partition coefficient (Wildman–Crippen LogP) is 3.34. The number of nitrogens with zero attached hydrogens (tertiary/aromatic N) is 1. The highest BCUT2D eigenvalue weighted by Crippen LogP contribution is 2.14. The van der Waals surface area contributed by atoms with E-state index in [0.717, 1.165) is 24.9 Å². The fourth-order valence-electron chi connectivity index (χ4n) is 2.08. The zero-order valence-corrected chi connectivity index (χ0v) is 11.0. The summed E-state index contributed by atoms with van der Waals surface area (Å²) in [7, 11) is 1.86. The second-order valence-corrected chi connectivity index (χ2v) is 4.82. The number of hydrogen-bond acceptors (Lipinski definition) is 1. The van der Waals surface area contributed by atoms with Crippen LogP contribution in [0, 0.1) is 6.92 Å². The van der Waals surface area contributed by atoms with E-state index in [1.54, 1.807) is 4.90 Å². The molecular weight excluding hydrogens is 222 g/mol. The molecule has 0 bridgehead atoms. The number of aryl methyl sites for hydroxylation is 1. The molecule has 1 aromatic rings. The van der Waals surface area contributed by atoms with Gasteiger partial charge in [0.15, 0.2) is 0 Å². The Kier molecular flexibility index (Phi) is 3.98. The lowest BCUT2D eigenvalue weighted by Gasteiger charge is -2.20. The topological polar surface area (TPSA) is 20.3 Å². The van der Waals surface area contributed by atoms with Crippen LogP contribution in [0.15, 0.2) is 48.1 Å². The van der Waals surface area contributed by atoms with Crippen LogP contribution in [0.2, 0.25) is 0 Å². The number of allylic oxidation sites excluding steroid dienone is 3. The molecule has 1 aromatic carbocycles. The molecule has 2 heteroatoms. The Labute approximate surface area is 109 Å². The highest BCUT2D eigenvalue weighted by molar-refractivity contribution is 5.94. The molecule has 0 N–H and O–H groups in total. The van der Waals surface area contributed by atoms with E-state index in [9.17, 15) is 4.79 Å². The number of hydrogen-bond donors (Lipinski definition) is 0. The van der Waals surface area contributed by atoms with Crippen LogP contribution >= 0.6 is 0 Å². The second-order valence-electron chi connectivity index (χ2n) is 4.82. The number of rotatable bonds is 3. The number of amides is 1. The normalized spacial score (nSPS) is 14.2. The lowest BCUT2D eigenvalue weighted by molar-refractivity contribution is 0.0806. The van der Waals surface area contributed by atoms with Gasteiger partial charge in [0.2, 0.25) is 0 Å². The fourth-order valence-corrected chi connectivity index (χ4v) is 2.08. The molecule has 18 heavy (non-hydrogen) atoms. The molecule has 0 saturated heterocycles. The predicted molar refractivity (Wildman–Crippen MR) is 74.6 cm³/mol. The Morgan fingerprint density at radius 1 is 1.28 bits per heavy atom. The van der Waals surface area contributed by atoms with Crippen molar-refractivity contribution in [2.75, 3.05) is 13.6 Å². The molecule has 0 aromatic heterocycles. The van der Waals surface area contributed by atoms with Gasteiger partial charge in [-0.25, -0.2) is 0 Å². The van der Waals surface area contributed by atoms with Gasteiger partial charge in [0.1, 0.15) is 0 Å². The third-order valence-corrected chi connectivity index (χ3v) is 3.19. The maximum absolute atomic E-state index is 12.2. The molecule has 0 unspecified atom stereocenters. The molecule has 0 radical (unpaired) electrons. The summed E-state index contributed by atoms with van der Waals surface area (Å²) in [6.45, 7) is 2.74. The summed E-state index contributed by atoms with van der Waals surface area (Å²) in [6.07, 6.45) is 8.48. The summed E-state index contributed by atoms with van der Waals surface area (Å²) in [5.41, 5.74) is 3.25. The first-order chi connectivity index (χ1) is 8.66. The van der Waals surface area contributed by atoms with Crippen molar-refractivity contribution in [1.82, 2.24) is 4.90 Å². The first kappa shape index (κ1) is 12.6. The molecular formula is C16H19NO. The molecule has 94 valence electrons. The summed E-state index contributed by atoms with van der Waals surface area (Å²) in [5, 5.41) is 0. The Balaban J connectivity index is 2.02. The van der Waals surface area contributed by atoms with Gasteiger partial charge in [-0.1, -0.05) is 41.5 Å². The molecule has 2 rings (SSSR count). The summed E-state index contributed by atoms with van der Waals surface area (Å²) in [5.74, 6) is 0.0884. The smallest absolute Gasteiger partial charge is 0.253 e. The van der Waals surface area contributed by atoms with Gasteiger partial charge in [0, 0.05) is 19.2 Å². The molecule has 0 heterocycles. The van der Waals surface area contributed by atoms with E-state index in [1.807, 2.05) is 38.2 Å². The molecule has 0 atom stereocenters. The van der Waals surface area contributed by atoms with Gasteiger partial charge in [-0.3, -0.25) is 4.79 Å². The van der Waals surface area contributed by atoms with Crippen molar-refractivity contribution in [3.63, 3.8) is 0 Å². The molecule has 0 saturated carbocycles. The van der Waals surface area contributed by atoms with E-state index in [2.05, 4.69) is 18.2 Å². The van der Waals surface area contributed by atoms with Gasteiger partial charge in [0.25, 0.3) is 5.91 Å². The molecule has 0 spiro atoms. The molecule has 1 amide bonds. The molecule has 1 aliphatic rings. The number of benzene rings is 1. The zero-order valence-electron chi connectivity index (χ0n) is 11.0. The quantitative estimate of drug-likeness (QED) is 0.794. The number of carbonyl (C=O) groups excluding carboxylic acids is 1. The van der Waals surface area contributed by atoms with Gasteiger partial charge in [-0.2, -0.15) is 0 Å². The highest BCUT2D eigenvalue weighted by Gasteiger charge is 2.12. The maximum Gasteiger partial charge on any atom is 0.253 e. The second kappa shape index (κ2) is 5.67. The van der Waals surface area contributed by atoms with Gasteiger partial charge >= 0.3 is 0 Å². The van der Waals surface area contributed by atoms with Gasteiger partial charge in [-0.15, -0.1) is 0 Å².